The summed E-state index contributed by atoms with van der Waals surface area (Å²) in [5.74, 6) is 0. The van der Waals surface area contributed by atoms with Crippen LogP contribution in [0.5, 0.6) is 0 Å². The molecule has 0 bridgehead atoms. The molecule has 0 aliphatic rings. The topological polar surface area (TPSA) is 4.93 Å². The van der Waals surface area contributed by atoms with Crippen LogP contribution in [0.15, 0.2) is 42.5 Å². The summed E-state index contributed by atoms with van der Waals surface area (Å²) in [6, 6.07) is 15.7. The van der Waals surface area contributed by atoms with Crippen molar-refractivity contribution in [3.8, 4) is 0 Å². The van der Waals surface area contributed by atoms with Gasteiger partial charge in [-0.15, -0.1) is 0 Å². The molecule has 1 aromatic heterocycles. The number of unbranched alkanes of at least 4 members (excludes halogenated alkanes) is 1. The molecule has 1 heterocycles. The average molecular weight is 251 g/mol. The van der Waals surface area contributed by atoms with Crippen molar-refractivity contribution in [3.05, 3.63) is 48.0 Å². The summed E-state index contributed by atoms with van der Waals surface area (Å²) in [7, 11) is 0. The number of aryl methyl sites for hydroxylation is 2. The molecule has 0 unspecified atom stereocenters. The van der Waals surface area contributed by atoms with Gasteiger partial charge in [0.05, 0.1) is 0 Å². The minimum absolute atomic E-state index is 1.03. The SMILES string of the molecule is CCCCc1ccc2c3ccccc3n(CC)c2c1. The van der Waals surface area contributed by atoms with Crippen LogP contribution in [0.2, 0.25) is 0 Å². The molecule has 0 N–H and O–H groups in total. The van der Waals surface area contributed by atoms with E-state index in [1.54, 1.807) is 0 Å². The monoisotopic (exact) mass is 251 g/mol. The Morgan fingerprint density at radius 1 is 0.895 bits per heavy atom. The number of hydrogen-bond donors (Lipinski definition) is 0. The Balaban J connectivity index is 2.23. The fraction of sp³-hybridized carbons (Fsp3) is 0.333. The Morgan fingerprint density at radius 2 is 1.68 bits per heavy atom. The predicted molar refractivity (Wildman–Crippen MR) is 83.7 cm³/mol. The van der Waals surface area contributed by atoms with Crippen LogP contribution in [0.3, 0.4) is 0 Å². The number of rotatable bonds is 4. The molecule has 1 nitrogen and oxygen atoms in total. The molecule has 1 heteroatoms. The van der Waals surface area contributed by atoms with Gasteiger partial charge in [0.25, 0.3) is 0 Å². The summed E-state index contributed by atoms with van der Waals surface area (Å²) >= 11 is 0. The lowest BCUT2D eigenvalue weighted by atomic mass is 10.1. The fourth-order valence-electron chi connectivity index (χ4n) is 2.97. The number of para-hydroxylation sites is 1. The molecule has 0 aliphatic heterocycles. The maximum atomic E-state index is 2.43. The number of hydrogen-bond acceptors (Lipinski definition) is 0. The van der Waals surface area contributed by atoms with Crippen molar-refractivity contribution in [2.75, 3.05) is 0 Å². The Kier molecular flexibility index (Phi) is 3.29. The van der Waals surface area contributed by atoms with Gasteiger partial charge < -0.3 is 4.57 Å². The van der Waals surface area contributed by atoms with E-state index in [1.807, 2.05) is 0 Å². The molecular weight excluding hydrogens is 230 g/mol. The van der Waals surface area contributed by atoms with Gasteiger partial charge in [0.2, 0.25) is 0 Å². The molecule has 0 fully saturated rings. The van der Waals surface area contributed by atoms with Crippen molar-refractivity contribution >= 4 is 21.8 Å². The first kappa shape index (κ1) is 12.3. The molecule has 0 aliphatic carbocycles. The molecule has 0 spiro atoms. The van der Waals surface area contributed by atoms with Crippen molar-refractivity contribution in [1.82, 2.24) is 4.57 Å². The Hall–Kier alpha value is -1.76. The van der Waals surface area contributed by atoms with E-state index in [2.05, 4.69) is 60.9 Å². The summed E-state index contributed by atoms with van der Waals surface area (Å²) < 4.78 is 2.43. The van der Waals surface area contributed by atoms with Crippen molar-refractivity contribution in [1.29, 1.82) is 0 Å². The molecule has 2 aromatic carbocycles. The van der Waals surface area contributed by atoms with E-state index in [1.165, 1.54) is 46.6 Å². The molecule has 19 heavy (non-hydrogen) atoms. The van der Waals surface area contributed by atoms with Crippen LogP contribution < -0.4 is 0 Å². The third kappa shape index (κ3) is 2.03. The smallest absolute Gasteiger partial charge is 0.0494 e. The summed E-state index contributed by atoms with van der Waals surface area (Å²) in [6.07, 6.45) is 3.73. The van der Waals surface area contributed by atoms with Crippen molar-refractivity contribution in [3.63, 3.8) is 0 Å². The van der Waals surface area contributed by atoms with Gasteiger partial charge >= 0.3 is 0 Å². The van der Waals surface area contributed by atoms with Crippen LogP contribution in [-0.2, 0) is 13.0 Å². The second-order valence-corrected chi connectivity index (χ2v) is 5.22. The van der Waals surface area contributed by atoms with Gasteiger partial charge in [0, 0.05) is 28.4 Å². The predicted octanol–water partition coefficient (Wildman–Crippen LogP) is 5.16. The van der Waals surface area contributed by atoms with Gasteiger partial charge in [0.1, 0.15) is 0 Å². The normalized spacial score (nSPS) is 11.5. The lowest BCUT2D eigenvalue weighted by Crippen LogP contribution is -1.93. The van der Waals surface area contributed by atoms with E-state index < -0.39 is 0 Å². The van der Waals surface area contributed by atoms with E-state index >= 15 is 0 Å². The standard InChI is InChI=1S/C18H21N/c1-3-5-8-14-11-12-16-15-9-6-7-10-17(15)19(4-2)18(16)13-14/h6-7,9-13H,3-5,8H2,1-2H3. The van der Waals surface area contributed by atoms with Gasteiger partial charge in [-0.25, -0.2) is 0 Å². The molecule has 98 valence electrons. The lowest BCUT2D eigenvalue weighted by Gasteiger charge is -2.05. The molecule has 0 saturated heterocycles. The van der Waals surface area contributed by atoms with Crippen molar-refractivity contribution in [2.45, 2.75) is 39.7 Å². The van der Waals surface area contributed by atoms with Gasteiger partial charge in [-0.05, 0) is 37.5 Å². The van der Waals surface area contributed by atoms with Crippen LogP contribution >= 0.6 is 0 Å². The van der Waals surface area contributed by atoms with E-state index in [9.17, 15) is 0 Å². The van der Waals surface area contributed by atoms with E-state index in [0.29, 0.717) is 0 Å². The Labute approximate surface area is 114 Å². The van der Waals surface area contributed by atoms with Crippen molar-refractivity contribution < 1.29 is 0 Å². The van der Waals surface area contributed by atoms with Crippen LogP contribution in [-0.4, -0.2) is 4.57 Å². The van der Waals surface area contributed by atoms with Crippen LogP contribution in [0, 0.1) is 0 Å². The highest BCUT2D eigenvalue weighted by Crippen LogP contribution is 2.29. The first-order valence-electron chi connectivity index (χ1n) is 7.35. The van der Waals surface area contributed by atoms with E-state index in [4.69, 9.17) is 0 Å². The molecule has 0 saturated carbocycles. The zero-order chi connectivity index (χ0) is 13.2. The molecule has 0 amide bonds. The minimum Gasteiger partial charge on any atom is -0.341 e. The maximum Gasteiger partial charge on any atom is 0.0494 e. The van der Waals surface area contributed by atoms with Crippen LogP contribution in [0.1, 0.15) is 32.3 Å². The summed E-state index contributed by atoms with van der Waals surface area (Å²) in [6.45, 7) is 5.51. The summed E-state index contributed by atoms with van der Waals surface area (Å²) in [4.78, 5) is 0. The quantitative estimate of drug-likeness (QED) is 0.604. The van der Waals surface area contributed by atoms with Crippen LogP contribution in [0.25, 0.3) is 21.8 Å². The lowest BCUT2D eigenvalue weighted by molar-refractivity contribution is 0.793. The Bertz CT molecular complexity index is 706. The number of fused-ring (bicyclic) bond motifs is 3. The zero-order valence-corrected chi connectivity index (χ0v) is 11.8. The molecule has 3 aromatic rings. The highest BCUT2D eigenvalue weighted by molar-refractivity contribution is 6.08. The fourth-order valence-corrected chi connectivity index (χ4v) is 2.97. The highest BCUT2D eigenvalue weighted by atomic mass is 15.0. The number of aromatic nitrogens is 1. The Morgan fingerprint density at radius 3 is 2.47 bits per heavy atom. The zero-order valence-electron chi connectivity index (χ0n) is 11.8. The average Bonchev–Trinajstić information content (AvgIpc) is 2.78. The number of nitrogens with zero attached hydrogens (tertiary/aromatic N) is 1. The minimum atomic E-state index is 1.03. The second kappa shape index (κ2) is 5.08. The number of benzene rings is 2. The third-order valence-corrected chi connectivity index (χ3v) is 3.97. The molecule has 0 atom stereocenters. The molecule has 0 radical (unpaired) electrons. The molecular formula is C18H21N. The first-order chi connectivity index (χ1) is 9.35. The van der Waals surface area contributed by atoms with Gasteiger partial charge in [0.15, 0.2) is 0 Å². The summed E-state index contributed by atoms with van der Waals surface area (Å²) in [5, 5.41) is 2.76. The van der Waals surface area contributed by atoms with Crippen LogP contribution in [0.4, 0.5) is 0 Å². The van der Waals surface area contributed by atoms with Crippen molar-refractivity contribution in [2.24, 2.45) is 0 Å². The highest BCUT2D eigenvalue weighted by Gasteiger charge is 2.09. The van der Waals surface area contributed by atoms with E-state index in [0.717, 1.165) is 6.54 Å². The van der Waals surface area contributed by atoms with Gasteiger partial charge in [-0.2, -0.15) is 0 Å². The largest absolute Gasteiger partial charge is 0.341 e. The summed E-state index contributed by atoms with van der Waals surface area (Å²) in [5.41, 5.74) is 4.21. The van der Waals surface area contributed by atoms with Gasteiger partial charge in [-0.3, -0.25) is 0 Å². The molecule has 3 rings (SSSR count). The van der Waals surface area contributed by atoms with E-state index in [-0.39, 0.29) is 0 Å². The third-order valence-electron chi connectivity index (χ3n) is 3.97. The van der Waals surface area contributed by atoms with Gasteiger partial charge in [-0.1, -0.05) is 43.7 Å². The maximum absolute atomic E-state index is 2.43. The second-order valence-electron chi connectivity index (χ2n) is 5.22. The first-order valence-corrected chi connectivity index (χ1v) is 7.35.